The number of aromatic hydroxyl groups is 1. The molecular weight excluding hydrogens is 297 g/mol. The summed E-state index contributed by atoms with van der Waals surface area (Å²) in [6.45, 7) is 2.51. The third kappa shape index (κ3) is 3.01. The second-order valence-electron chi connectivity index (χ2n) is 4.10. The summed E-state index contributed by atoms with van der Waals surface area (Å²) in [5, 5.41) is 12.4. The van der Waals surface area contributed by atoms with Crippen molar-refractivity contribution in [1.29, 1.82) is 0 Å². The molecule has 0 atom stereocenters. The van der Waals surface area contributed by atoms with Crippen LogP contribution in [0.4, 0.5) is 10.1 Å². The summed E-state index contributed by atoms with van der Waals surface area (Å²) < 4.78 is 13.9. The molecule has 2 rings (SSSR count). The summed E-state index contributed by atoms with van der Waals surface area (Å²) in [7, 11) is 0. The first kappa shape index (κ1) is 12.9. The molecule has 0 spiro atoms. The van der Waals surface area contributed by atoms with Crippen LogP contribution in [0.3, 0.4) is 0 Å². The van der Waals surface area contributed by atoms with Gasteiger partial charge in [-0.3, -0.25) is 0 Å². The third-order valence-electron chi connectivity index (χ3n) is 2.69. The number of phenolic OH excluding ortho intramolecular Hbond substituents is 1. The monoisotopic (exact) mass is 309 g/mol. The fraction of sp³-hybridized carbons (Fsp3) is 0.143. The highest BCUT2D eigenvalue weighted by atomic mass is 79.9. The van der Waals surface area contributed by atoms with Crippen molar-refractivity contribution in [3.63, 3.8) is 0 Å². The van der Waals surface area contributed by atoms with Crippen molar-refractivity contribution in [3.05, 3.63) is 57.8 Å². The molecule has 0 aliphatic rings. The molecule has 0 aliphatic carbocycles. The molecule has 0 saturated heterocycles. The maximum absolute atomic E-state index is 13.4. The molecule has 0 amide bonds. The second kappa shape index (κ2) is 5.40. The molecule has 0 heterocycles. The van der Waals surface area contributed by atoms with E-state index >= 15 is 0 Å². The SMILES string of the molecule is Cc1cc(Br)c(F)cc1NCc1ccc(O)cc1. The van der Waals surface area contributed by atoms with Crippen molar-refractivity contribution in [2.45, 2.75) is 13.5 Å². The first-order valence-corrected chi connectivity index (χ1v) is 6.33. The Bertz CT molecular complexity index is 554. The van der Waals surface area contributed by atoms with Crippen LogP contribution < -0.4 is 5.32 Å². The lowest BCUT2D eigenvalue weighted by molar-refractivity contribution is 0.475. The molecule has 0 fully saturated rings. The van der Waals surface area contributed by atoms with E-state index in [-0.39, 0.29) is 11.6 Å². The van der Waals surface area contributed by atoms with Gasteiger partial charge in [-0.25, -0.2) is 4.39 Å². The van der Waals surface area contributed by atoms with Gasteiger partial charge in [0.1, 0.15) is 11.6 Å². The molecule has 0 saturated carbocycles. The zero-order chi connectivity index (χ0) is 13.1. The summed E-state index contributed by atoms with van der Waals surface area (Å²) >= 11 is 3.15. The number of halogens is 2. The van der Waals surface area contributed by atoms with E-state index in [1.165, 1.54) is 6.07 Å². The van der Waals surface area contributed by atoms with Crippen molar-refractivity contribution in [1.82, 2.24) is 0 Å². The first-order chi connectivity index (χ1) is 8.56. The van der Waals surface area contributed by atoms with Crippen LogP contribution in [0.15, 0.2) is 40.9 Å². The van der Waals surface area contributed by atoms with E-state index in [1.54, 1.807) is 18.2 Å². The molecule has 94 valence electrons. The number of phenols is 1. The fourth-order valence-corrected chi connectivity index (χ4v) is 2.11. The number of anilines is 1. The van der Waals surface area contributed by atoms with Gasteiger partial charge in [0, 0.05) is 12.2 Å². The maximum Gasteiger partial charge on any atom is 0.139 e. The molecule has 0 aromatic heterocycles. The van der Waals surface area contributed by atoms with E-state index in [0.29, 0.717) is 11.0 Å². The van der Waals surface area contributed by atoms with Gasteiger partial charge < -0.3 is 10.4 Å². The molecular formula is C14H13BrFNO. The van der Waals surface area contributed by atoms with Crippen LogP contribution in [0.1, 0.15) is 11.1 Å². The molecule has 2 aromatic rings. The Kier molecular flexibility index (Phi) is 3.87. The van der Waals surface area contributed by atoms with E-state index in [0.717, 1.165) is 16.8 Å². The topological polar surface area (TPSA) is 32.3 Å². The summed E-state index contributed by atoms with van der Waals surface area (Å²) in [6.07, 6.45) is 0. The van der Waals surface area contributed by atoms with Crippen molar-refractivity contribution >= 4 is 21.6 Å². The Labute approximate surface area is 114 Å². The number of nitrogens with one attached hydrogen (secondary N) is 1. The zero-order valence-electron chi connectivity index (χ0n) is 9.87. The molecule has 0 bridgehead atoms. The largest absolute Gasteiger partial charge is 0.508 e. The summed E-state index contributed by atoms with van der Waals surface area (Å²) in [5.41, 5.74) is 2.77. The van der Waals surface area contributed by atoms with Gasteiger partial charge in [-0.2, -0.15) is 0 Å². The van der Waals surface area contributed by atoms with Gasteiger partial charge in [0.25, 0.3) is 0 Å². The van der Waals surface area contributed by atoms with Gasteiger partial charge in [-0.15, -0.1) is 0 Å². The minimum Gasteiger partial charge on any atom is -0.508 e. The average Bonchev–Trinajstić information content (AvgIpc) is 2.34. The van der Waals surface area contributed by atoms with Gasteiger partial charge in [0.05, 0.1) is 4.47 Å². The molecule has 4 heteroatoms. The first-order valence-electron chi connectivity index (χ1n) is 5.53. The highest BCUT2D eigenvalue weighted by molar-refractivity contribution is 9.10. The number of benzene rings is 2. The lowest BCUT2D eigenvalue weighted by Gasteiger charge is -2.10. The number of rotatable bonds is 3. The predicted molar refractivity (Wildman–Crippen MR) is 74.3 cm³/mol. The van der Waals surface area contributed by atoms with Crippen LogP contribution in [0.25, 0.3) is 0 Å². The molecule has 2 nitrogen and oxygen atoms in total. The second-order valence-corrected chi connectivity index (χ2v) is 4.96. The molecule has 0 radical (unpaired) electrons. The normalized spacial score (nSPS) is 10.4. The third-order valence-corrected chi connectivity index (χ3v) is 3.29. The number of aryl methyl sites for hydroxylation is 1. The highest BCUT2D eigenvalue weighted by Crippen LogP contribution is 2.24. The predicted octanol–water partition coefficient (Wildman–Crippen LogP) is 4.21. The summed E-state index contributed by atoms with van der Waals surface area (Å²) in [5.74, 6) is -0.0431. The Balaban J connectivity index is 2.10. The van der Waals surface area contributed by atoms with E-state index in [1.807, 2.05) is 19.1 Å². The van der Waals surface area contributed by atoms with E-state index < -0.39 is 0 Å². The standard InChI is InChI=1S/C14H13BrFNO/c1-9-6-12(15)13(16)7-14(9)17-8-10-2-4-11(18)5-3-10/h2-7,17-18H,8H2,1H3. The summed E-state index contributed by atoms with van der Waals surface area (Å²) in [6, 6.07) is 10.1. The van der Waals surface area contributed by atoms with E-state index in [9.17, 15) is 9.50 Å². The van der Waals surface area contributed by atoms with Crippen molar-refractivity contribution in [3.8, 4) is 5.75 Å². The van der Waals surface area contributed by atoms with Crippen LogP contribution in [0.2, 0.25) is 0 Å². The average molecular weight is 310 g/mol. The lowest BCUT2D eigenvalue weighted by Crippen LogP contribution is -2.01. The Morgan fingerprint density at radius 3 is 2.56 bits per heavy atom. The van der Waals surface area contributed by atoms with Crippen molar-refractivity contribution in [2.24, 2.45) is 0 Å². The lowest BCUT2D eigenvalue weighted by atomic mass is 10.1. The summed E-state index contributed by atoms with van der Waals surface area (Å²) in [4.78, 5) is 0. The Morgan fingerprint density at radius 1 is 1.22 bits per heavy atom. The zero-order valence-corrected chi connectivity index (χ0v) is 11.5. The van der Waals surface area contributed by atoms with Crippen molar-refractivity contribution < 1.29 is 9.50 Å². The maximum atomic E-state index is 13.4. The molecule has 0 aliphatic heterocycles. The highest BCUT2D eigenvalue weighted by Gasteiger charge is 2.05. The van der Waals surface area contributed by atoms with E-state index in [2.05, 4.69) is 21.2 Å². The van der Waals surface area contributed by atoms with Crippen LogP contribution in [-0.2, 0) is 6.54 Å². The van der Waals surface area contributed by atoms with Gasteiger partial charge in [-0.1, -0.05) is 12.1 Å². The molecule has 2 N–H and O–H groups in total. The smallest absolute Gasteiger partial charge is 0.139 e. The number of hydrogen-bond acceptors (Lipinski definition) is 2. The minimum atomic E-state index is -0.284. The van der Waals surface area contributed by atoms with Crippen LogP contribution >= 0.6 is 15.9 Å². The van der Waals surface area contributed by atoms with Gasteiger partial charge in [0.15, 0.2) is 0 Å². The van der Waals surface area contributed by atoms with Gasteiger partial charge >= 0.3 is 0 Å². The van der Waals surface area contributed by atoms with Crippen LogP contribution in [0, 0.1) is 12.7 Å². The van der Waals surface area contributed by atoms with Gasteiger partial charge in [-0.05, 0) is 58.2 Å². The molecule has 18 heavy (non-hydrogen) atoms. The minimum absolute atomic E-state index is 0.240. The Morgan fingerprint density at radius 2 is 1.89 bits per heavy atom. The molecule has 0 unspecified atom stereocenters. The van der Waals surface area contributed by atoms with Crippen LogP contribution in [-0.4, -0.2) is 5.11 Å². The van der Waals surface area contributed by atoms with Gasteiger partial charge in [0.2, 0.25) is 0 Å². The number of hydrogen-bond donors (Lipinski definition) is 2. The fourth-order valence-electron chi connectivity index (χ4n) is 1.65. The molecule has 2 aromatic carbocycles. The quantitative estimate of drug-likeness (QED) is 0.890. The van der Waals surface area contributed by atoms with Crippen LogP contribution in [0.5, 0.6) is 5.75 Å². The van der Waals surface area contributed by atoms with E-state index in [4.69, 9.17) is 0 Å². The Hall–Kier alpha value is -1.55. The van der Waals surface area contributed by atoms with Crippen molar-refractivity contribution in [2.75, 3.05) is 5.32 Å².